The first-order chi connectivity index (χ1) is 7.19. The van der Waals surface area contributed by atoms with Crippen LogP contribution in [0.5, 0.6) is 0 Å². The first-order valence-corrected chi connectivity index (χ1v) is 5.54. The highest BCUT2D eigenvalue weighted by Crippen LogP contribution is 2.24. The van der Waals surface area contributed by atoms with Gasteiger partial charge in [0.2, 0.25) is 0 Å². The molecule has 0 aromatic heterocycles. The number of carbonyl (C=O) groups excluding carboxylic acids is 2. The summed E-state index contributed by atoms with van der Waals surface area (Å²) in [6.45, 7) is 3.96. The number of amides is 3. The highest BCUT2D eigenvalue weighted by molar-refractivity contribution is 6.07. The number of nitrogens with one attached hydrogen (secondary N) is 2. The summed E-state index contributed by atoms with van der Waals surface area (Å²) in [7, 11) is 0. The predicted molar refractivity (Wildman–Crippen MR) is 55.4 cm³/mol. The highest BCUT2D eigenvalue weighted by Gasteiger charge is 2.52. The van der Waals surface area contributed by atoms with E-state index in [1.54, 1.807) is 0 Å². The number of unbranched alkanes of at least 4 members (excludes halogenated alkanes) is 1. The lowest BCUT2D eigenvalue weighted by Crippen LogP contribution is -2.48. The van der Waals surface area contributed by atoms with Crippen molar-refractivity contribution in [1.29, 1.82) is 0 Å². The van der Waals surface area contributed by atoms with E-state index in [4.69, 9.17) is 0 Å². The Morgan fingerprint density at radius 2 is 2.27 bits per heavy atom. The number of urea groups is 1. The van der Waals surface area contributed by atoms with Gasteiger partial charge in [-0.2, -0.15) is 0 Å². The summed E-state index contributed by atoms with van der Waals surface area (Å²) in [6.07, 6.45) is 2.57. The Morgan fingerprint density at radius 1 is 1.47 bits per heavy atom. The fraction of sp³-hybridized carbons (Fsp3) is 0.800. The number of nitrogens with zero attached hydrogens (tertiary/aromatic N) is 1. The van der Waals surface area contributed by atoms with Gasteiger partial charge in [-0.15, -0.1) is 0 Å². The molecule has 2 heterocycles. The third-order valence-corrected chi connectivity index (χ3v) is 3.14. The van der Waals surface area contributed by atoms with E-state index >= 15 is 0 Å². The lowest BCUT2D eigenvalue weighted by atomic mass is 9.99. The molecule has 1 unspecified atom stereocenters. The summed E-state index contributed by atoms with van der Waals surface area (Å²) in [4.78, 5) is 25.0. The van der Waals surface area contributed by atoms with E-state index in [2.05, 4.69) is 10.6 Å². The van der Waals surface area contributed by atoms with Crippen molar-refractivity contribution in [2.24, 2.45) is 0 Å². The molecule has 2 rings (SSSR count). The molecule has 5 heteroatoms. The van der Waals surface area contributed by atoms with Crippen molar-refractivity contribution in [3.8, 4) is 0 Å². The maximum absolute atomic E-state index is 12.0. The molecule has 0 bridgehead atoms. The molecule has 0 aromatic carbocycles. The summed E-state index contributed by atoms with van der Waals surface area (Å²) in [5, 5.41) is 5.93. The lowest BCUT2D eigenvalue weighted by Gasteiger charge is -2.19. The van der Waals surface area contributed by atoms with E-state index < -0.39 is 5.54 Å². The monoisotopic (exact) mass is 211 g/mol. The molecule has 15 heavy (non-hydrogen) atoms. The third kappa shape index (κ3) is 1.61. The number of hydrogen-bond donors (Lipinski definition) is 2. The Morgan fingerprint density at radius 3 is 2.87 bits per heavy atom. The third-order valence-electron chi connectivity index (χ3n) is 3.14. The van der Waals surface area contributed by atoms with Crippen LogP contribution in [0.2, 0.25) is 0 Å². The second-order valence-corrected chi connectivity index (χ2v) is 4.25. The van der Waals surface area contributed by atoms with Crippen molar-refractivity contribution >= 4 is 11.9 Å². The van der Waals surface area contributed by atoms with Crippen LogP contribution in [-0.2, 0) is 4.79 Å². The van der Waals surface area contributed by atoms with Gasteiger partial charge in [-0.3, -0.25) is 9.69 Å². The first kappa shape index (κ1) is 10.4. The van der Waals surface area contributed by atoms with Gasteiger partial charge in [0.1, 0.15) is 5.54 Å². The number of imide groups is 1. The standard InChI is InChI=1S/C10H17N3O2/c1-2-3-6-13-8(14)10(12-9(13)15)4-5-11-7-10/h11H,2-7H2,1H3,(H,12,15). The molecule has 84 valence electrons. The maximum atomic E-state index is 12.0. The van der Waals surface area contributed by atoms with E-state index in [0.29, 0.717) is 19.5 Å². The van der Waals surface area contributed by atoms with Gasteiger partial charge in [-0.1, -0.05) is 13.3 Å². The minimum atomic E-state index is -0.634. The smallest absolute Gasteiger partial charge is 0.322 e. The van der Waals surface area contributed by atoms with Gasteiger partial charge < -0.3 is 10.6 Å². The maximum Gasteiger partial charge on any atom is 0.325 e. The molecular formula is C10H17N3O2. The summed E-state index contributed by atoms with van der Waals surface area (Å²) in [5.41, 5.74) is -0.634. The molecule has 5 nitrogen and oxygen atoms in total. The van der Waals surface area contributed by atoms with Gasteiger partial charge >= 0.3 is 6.03 Å². The molecule has 0 aromatic rings. The summed E-state index contributed by atoms with van der Waals surface area (Å²) in [6, 6.07) is -0.225. The molecule has 2 saturated heterocycles. The second-order valence-electron chi connectivity index (χ2n) is 4.25. The van der Waals surface area contributed by atoms with Crippen LogP contribution < -0.4 is 10.6 Å². The number of carbonyl (C=O) groups is 2. The molecule has 0 radical (unpaired) electrons. The molecule has 1 atom stereocenters. The Kier molecular flexibility index (Phi) is 2.65. The van der Waals surface area contributed by atoms with Gasteiger partial charge in [0.15, 0.2) is 0 Å². The van der Waals surface area contributed by atoms with Crippen LogP contribution in [0.1, 0.15) is 26.2 Å². The minimum absolute atomic E-state index is 0.0500. The fourth-order valence-corrected chi connectivity index (χ4v) is 2.18. The molecule has 2 N–H and O–H groups in total. The van der Waals surface area contributed by atoms with Crippen LogP contribution in [0.4, 0.5) is 4.79 Å². The number of rotatable bonds is 3. The SMILES string of the molecule is CCCCN1C(=O)NC2(CCNC2)C1=O. The Hall–Kier alpha value is -1.10. The molecule has 2 aliphatic rings. The molecule has 0 saturated carbocycles. The van der Waals surface area contributed by atoms with Crippen LogP contribution in [0, 0.1) is 0 Å². The van der Waals surface area contributed by atoms with Crippen molar-refractivity contribution in [3.05, 3.63) is 0 Å². The summed E-state index contributed by atoms with van der Waals surface area (Å²) < 4.78 is 0. The quantitative estimate of drug-likeness (QED) is 0.649. The fourth-order valence-electron chi connectivity index (χ4n) is 2.18. The van der Waals surface area contributed by atoms with E-state index in [1.165, 1.54) is 4.90 Å². The second kappa shape index (κ2) is 3.81. The van der Waals surface area contributed by atoms with Gasteiger partial charge in [0.25, 0.3) is 5.91 Å². The van der Waals surface area contributed by atoms with E-state index in [-0.39, 0.29) is 11.9 Å². The Labute approximate surface area is 89.2 Å². The van der Waals surface area contributed by atoms with Gasteiger partial charge in [0.05, 0.1) is 0 Å². The molecular weight excluding hydrogens is 194 g/mol. The van der Waals surface area contributed by atoms with Crippen molar-refractivity contribution in [1.82, 2.24) is 15.5 Å². The largest absolute Gasteiger partial charge is 0.325 e. The highest BCUT2D eigenvalue weighted by atomic mass is 16.2. The topological polar surface area (TPSA) is 61.4 Å². The average Bonchev–Trinajstić information content (AvgIpc) is 2.75. The van der Waals surface area contributed by atoms with Crippen LogP contribution >= 0.6 is 0 Å². The van der Waals surface area contributed by atoms with Crippen LogP contribution in [0.3, 0.4) is 0 Å². The lowest BCUT2D eigenvalue weighted by molar-refractivity contribution is -0.130. The van der Waals surface area contributed by atoms with E-state index in [1.807, 2.05) is 6.92 Å². The van der Waals surface area contributed by atoms with E-state index in [0.717, 1.165) is 19.4 Å². The zero-order valence-corrected chi connectivity index (χ0v) is 9.01. The van der Waals surface area contributed by atoms with Crippen LogP contribution in [0.25, 0.3) is 0 Å². The van der Waals surface area contributed by atoms with Crippen molar-refractivity contribution in [3.63, 3.8) is 0 Å². The molecule has 1 spiro atoms. The first-order valence-electron chi connectivity index (χ1n) is 5.54. The van der Waals surface area contributed by atoms with Crippen molar-refractivity contribution in [2.75, 3.05) is 19.6 Å². The molecule has 0 aliphatic carbocycles. The zero-order valence-electron chi connectivity index (χ0n) is 9.01. The Bertz CT molecular complexity index is 284. The van der Waals surface area contributed by atoms with Gasteiger partial charge in [0, 0.05) is 13.1 Å². The van der Waals surface area contributed by atoms with Crippen molar-refractivity contribution in [2.45, 2.75) is 31.7 Å². The summed E-state index contributed by atoms with van der Waals surface area (Å²) in [5.74, 6) is -0.0500. The molecule has 2 fully saturated rings. The predicted octanol–water partition coefficient (Wildman–Crippen LogP) is 0.0704. The van der Waals surface area contributed by atoms with Crippen LogP contribution in [-0.4, -0.2) is 42.0 Å². The van der Waals surface area contributed by atoms with Gasteiger partial charge in [-0.25, -0.2) is 4.79 Å². The minimum Gasteiger partial charge on any atom is -0.322 e. The van der Waals surface area contributed by atoms with Crippen molar-refractivity contribution < 1.29 is 9.59 Å². The normalized spacial score (nSPS) is 30.3. The van der Waals surface area contributed by atoms with Crippen LogP contribution in [0.15, 0.2) is 0 Å². The number of hydrogen-bond acceptors (Lipinski definition) is 3. The average molecular weight is 211 g/mol. The molecule has 3 amide bonds. The molecule has 2 aliphatic heterocycles. The summed E-state index contributed by atoms with van der Waals surface area (Å²) >= 11 is 0. The Balaban J connectivity index is 2.08. The zero-order chi connectivity index (χ0) is 10.9. The van der Waals surface area contributed by atoms with Gasteiger partial charge in [-0.05, 0) is 19.4 Å². The van der Waals surface area contributed by atoms with E-state index in [9.17, 15) is 9.59 Å².